The Hall–Kier alpha value is -2.13. The molecule has 0 bridgehead atoms. The number of alkyl halides is 2. The maximum absolute atomic E-state index is 14.5. The molecule has 0 spiro atoms. The second-order valence-corrected chi connectivity index (χ2v) is 8.13. The molecule has 28 heavy (non-hydrogen) atoms. The van der Waals surface area contributed by atoms with Crippen LogP contribution in [0.5, 0.6) is 0 Å². The average Bonchev–Trinajstić information content (AvgIpc) is 3.09. The van der Waals surface area contributed by atoms with Crippen LogP contribution in [-0.2, 0) is 0 Å². The number of piperidine rings is 1. The van der Waals surface area contributed by atoms with Gasteiger partial charge in [0.2, 0.25) is 0 Å². The fourth-order valence-corrected chi connectivity index (χ4v) is 3.94. The Kier molecular flexibility index (Phi) is 4.83. The average molecular weight is 471 g/mol. The summed E-state index contributed by atoms with van der Waals surface area (Å²) in [5.74, 6) is -3.77. The van der Waals surface area contributed by atoms with E-state index in [4.69, 9.17) is 11.6 Å². The molecule has 1 aliphatic heterocycles. The molecule has 0 unspecified atom stereocenters. The minimum atomic E-state index is -3.03. The molecule has 1 atom stereocenters. The van der Waals surface area contributed by atoms with Crippen LogP contribution in [0.25, 0.3) is 5.78 Å². The van der Waals surface area contributed by atoms with Gasteiger partial charge in [-0.2, -0.15) is 10.1 Å². The van der Waals surface area contributed by atoms with Crippen LogP contribution in [0, 0.1) is 6.92 Å². The third-order valence-corrected chi connectivity index (χ3v) is 5.92. The summed E-state index contributed by atoms with van der Waals surface area (Å²) < 4.78 is 31.2. The lowest BCUT2D eigenvalue weighted by molar-refractivity contribution is -0.0641. The number of carbonyl (C=O) groups excluding carboxylic acids is 1. The van der Waals surface area contributed by atoms with Crippen molar-refractivity contribution in [2.24, 2.45) is 0 Å². The predicted molar refractivity (Wildman–Crippen MR) is 103 cm³/mol. The van der Waals surface area contributed by atoms with Gasteiger partial charge in [0.05, 0.1) is 17.3 Å². The van der Waals surface area contributed by atoms with Gasteiger partial charge in [-0.05, 0) is 47.1 Å². The number of amides is 1. The summed E-state index contributed by atoms with van der Waals surface area (Å²) in [5, 5.41) is 4.45. The van der Waals surface area contributed by atoms with E-state index in [-0.39, 0.29) is 18.5 Å². The zero-order valence-corrected chi connectivity index (χ0v) is 17.1. The first-order valence-corrected chi connectivity index (χ1v) is 9.70. The Labute approximate surface area is 172 Å². The van der Waals surface area contributed by atoms with E-state index in [9.17, 15) is 13.6 Å². The Morgan fingerprint density at radius 3 is 2.89 bits per heavy atom. The van der Waals surface area contributed by atoms with Crippen LogP contribution in [0.1, 0.15) is 34.1 Å². The third kappa shape index (κ3) is 3.60. The number of hydrogen-bond acceptors (Lipinski definition) is 4. The second kappa shape index (κ2) is 7.04. The fourth-order valence-electron chi connectivity index (χ4n) is 3.51. The Morgan fingerprint density at radius 1 is 1.36 bits per heavy atom. The van der Waals surface area contributed by atoms with Gasteiger partial charge >= 0.3 is 0 Å². The zero-order chi connectivity index (χ0) is 20.1. The fraction of sp³-hybridized carbons (Fsp3) is 0.333. The van der Waals surface area contributed by atoms with E-state index in [0.717, 1.165) is 0 Å². The van der Waals surface area contributed by atoms with Gasteiger partial charge < -0.3 is 4.90 Å². The number of halogens is 4. The monoisotopic (exact) mass is 469 g/mol. The van der Waals surface area contributed by atoms with Crippen molar-refractivity contribution < 1.29 is 13.6 Å². The number of hydrogen-bond donors (Lipinski definition) is 0. The van der Waals surface area contributed by atoms with Crippen molar-refractivity contribution in [3.63, 3.8) is 0 Å². The van der Waals surface area contributed by atoms with Crippen LogP contribution >= 0.6 is 27.5 Å². The Morgan fingerprint density at radius 2 is 2.14 bits per heavy atom. The molecule has 1 fully saturated rings. The van der Waals surface area contributed by atoms with Crippen molar-refractivity contribution in [3.05, 3.63) is 57.0 Å². The molecule has 4 rings (SSSR count). The maximum atomic E-state index is 14.5. The van der Waals surface area contributed by atoms with Crippen molar-refractivity contribution in [1.29, 1.82) is 0 Å². The third-order valence-electron chi connectivity index (χ3n) is 4.69. The van der Waals surface area contributed by atoms with Crippen LogP contribution in [-0.4, -0.2) is 49.4 Å². The first-order valence-electron chi connectivity index (χ1n) is 8.53. The quantitative estimate of drug-likeness (QED) is 0.565. The van der Waals surface area contributed by atoms with Gasteiger partial charge in [-0.1, -0.05) is 11.6 Å². The number of carbonyl (C=O) groups is 1. The Balaban J connectivity index is 1.69. The summed E-state index contributed by atoms with van der Waals surface area (Å²) in [6, 6.07) is 6.38. The first kappa shape index (κ1) is 19.2. The lowest BCUT2D eigenvalue weighted by atomic mass is 9.91. The molecule has 0 N–H and O–H groups in total. The molecule has 3 heterocycles. The number of aromatic nitrogens is 4. The smallest absolute Gasteiger partial charge is 0.266 e. The molecular formula is C18H15BrClF2N5O. The minimum Gasteiger partial charge on any atom is -0.332 e. The highest BCUT2D eigenvalue weighted by molar-refractivity contribution is 9.10. The molecule has 0 aliphatic carbocycles. The van der Waals surface area contributed by atoms with Crippen molar-refractivity contribution in [2.45, 2.75) is 25.2 Å². The standard InChI is InChI=1S/C18H15BrClF2N5O/c1-10-4-15(27-17(25-10)23-9-24-27)12-6-18(21,22)8-26(7-12)16(28)11-2-3-13(19)14(20)5-11/h2-5,9,12H,6-8H2,1H3/t12-/m0/s1. The van der Waals surface area contributed by atoms with E-state index in [1.165, 1.54) is 21.8 Å². The van der Waals surface area contributed by atoms with Crippen LogP contribution < -0.4 is 0 Å². The summed E-state index contributed by atoms with van der Waals surface area (Å²) in [4.78, 5) is 22.3. The van der Waals surface area contributed by atoms with Crippen LogP contribution in [0.3, 0.4) is 0 Å². The van der Waals surface area contributed by atoms with Gasteiger partial charge in [0, 0.05) is 34.6 Å². The molecule has 3 aromatic rings. The van der Waals surface area contributed by atoms with Crippen molar-refractivity contribution >= 4 is 39.2 Å². The summed E-state index contributed by atoms with van der Waals surface area (Å²) in [6.45, 7) is 1.27. The first-order chi connectivity index (χ1) is 13.2. The van der Waals surface area contributed by atoms with Crippen LogP contribution in [0.2, 0.25) is 5.02 Å². The Bertz CT molecular complexity index is 1070. The number of rotatable bonds is 2. The van der Waals surface area contributed by atoms with Crippen molar-refractivity contribution in [1.82, 2.24) is 24.5 Å². The molecule has 10 heteroatoms. The number of aryl methyl sites for hydroxylation is 1. The molecule has 2 aromatic heterocycles. The molecular weight excluding hydrogens is 456 g/mol. The zero-order valence-electron chi connectivity index (χ0n) is 14.7. The van der Waals surface area contributed by atoms with Crippen molar-refractivity contribution in [3.8, 4) is 0 Å². The van der Waals surface area contributed by atoms with E-state index in [2.05, 4.69) is 31.0 Å². The number of likely N-dealkylation sites (tertiary alicyclic amines) is 1. The summed E-state index contributed by atoms with van der Waals surface area (Å²) in [7, 11) is 0. The highest BCUT2D eigenvalue weighted by Gasteiger charge is 2.43. The molecule has 0 radical (unpaired) electrons. The van der Waals surface area contributed by atoms with Gasteiger partial charge in [-0.15, -0.1) is 0 Å². The summed E-state index contributed by atoms with van der Waals surface area (Å²) in [6.07, 6.45) is 0.954. The maximum Gasteiger partial charge on any atom is 0.266 e. The van der Waals surface area contributed by atoms with Gasteiger partial charge in [0.25, 0.3) is 17.6 Å². The summed E-state index contributed by atoms with van der Waals surface area (Å²) in [5.41, 5.74) is 1.48. The number of nitrogens with zero attached hydrogens (tertiary/aromatic N) is 5. The molecule has 146 valence electrons. The van der Waals surface area contributed by atoms with Gasteiger partial charge in [-0.25, -0.2) is 18.3 Å². The number of fused-ring (bicyclic) bond motifs is 1. The highest BCUT2D eigenvalue weighted by Crippen LogP contribution is 2.37. The van der Waals surface area contributed by atoms with E-state index in [1.54, 1.807) is 25.1 Å². The van der Waals surface area contributed by atoms with Crippen molar-refractivity contribution in [2.75, 3.05) is 13.1 Å². The SMILES string of the molecule is Cc1cc([C@@H]2CN(C(=O)c3ccc(Br)c(Cl)c3)CC(F)(F)C2)n2ncnc2n1. The minimum absolute atomic E-state index is 0.139. The van der Waals surface area contributed by atoms with Gasteiger partial charge in [-0.3, -0.25) is 4.79 Å². The van der Waals surface area contributed by atoms with E-state index in [0.29, 0.717) is 26.7 Å². The molecule has 1 aromatic carbocycles. The topological polar surface area (TPSA) is 63.4 Å². The highest BCUT2D eigenvalue weighted by atomic mass is 79.9. The van der Waals surface area contributed by atoms with Gasteiger partial charge in [0.15, 0.2) is 0 Å². The van der Waals surface area contributed by atoms with Crippen LogP contribution in [0.15, 0.2) is 35.1 Å². The van der Waals surface area contributed by atoms with Gasteiger partial charge in [0.1, 0.15) is 6.33 Å². The predicted octanol–water partition coefficient (Wildman–Crippen LogP) is 4.11. The molecule has 1 amide bonds. The molecule has 1 saturated heterocycles. The summed E-state index contributed by atoms with van der Waals surface area (Å²) >= 11 is 9.32. The van der Waals surface area contributed by atoms with Crippen LogP contribution in [0.4, 0.5) is 8.78 Å². The normalized spacial score (nSPS) is 19.2. The van der Waals surface area contributed by atoms with E-state index >= 15 is 0 Å². The molecule has 6 nitrogen and oxygen atoms in total. The lowest BCUT2D eigenvalue weighted by Crippen LogP contribution is -2.49. The largest absolute Gasteiger partial charge is 0.332 e. The van der Waals surface area contributed by atoms with E-state index in [1.807, 2.05) is 0 Å². The molecule has 1 aliphatic rings. The van der Waals surface area contributed by atoms with E-state index < -0.39 is 24.3 Å². The lowest BCUT2D eigenvalue weighted by Gasteiger charge is -2.37. The second-order valence-electron chi connectivity index (χ2n) is 6.87. The number of benzene rings is 1. The molecule has 0 saturated carbocycles.